The number of benzene rings is 1. The molecule has 1 saturated heterocycles. The molecule has 5 heterocycles. The zero-order valence-electron chi connectivity index (χ0n) is 29.1. The summed E-state index contributed by atoms with van der Waals surface area (Å²) in [6.45, 7) is 6.53. The van der Waals surface area contributed by atoms with Crippen molar-refractivity contribution in [1.82, 2.24) is 34.0 Å². The zero-order chi connectivity index (χ0) is 39.1. The van der Waals surface area contributed by atoms with E-state index in [9.17, 15) is 36.3 Å². The SMILES string of the molecule is CCc1c(N2CCN(C)CC2)c(=O)n2nc(C3=CCOCC3)nc2n1C(F)(F)C=O.CNc1ccc(C(F)(F)F)cc1Cl.Cc1ncnc(C=O)c1O. The topological polar surface area (TPSA) is 160 Å². The fraction of sp³-hybridized carbons (Fsp3) is 0.424. The van der Waals surface area contributed by atoms with Gasteiger partial charge in [0.15, 0.2) is 17.9 Å². The van der Waals surface area contributed by atoms with Crippen molar-refractivity contribution in [2.24, 2.45) is 0 Å². The molecule has 0 unspecified atom stereocenters. The molecule has 0 atom stereocenters. The molecule has 0 radical (unpaired) electrons. The van der Waals surface area contributed by atoms with Gasteiger partial charge in [0, 0.05) is 33.2 Å². The normalized spacial score (nSPS) is 15.1. The van der Waals surface area contributed by atoms with Crippen LogP contribution in [0.2, 0.25) is 5.02 Å². The molecule has 1 aromatic carbocycles. The lowest BCUT2D eigenvalue weighted by Gasteiger charge is -2.35. The molecule has 20 heteroatoms. The van der Waals surface area contributed by atoms with E-state index in [1.54, 1.807) is 31.9 Å². The van der Waals surface area contributed by atoms with Crippen LogP contribution in [0, 0.1) is 6.92 Å². The van der Waals surface area contributed by atoms with Gasteiger partial charge in [-0.05, 0) is 50.6 Å². The van der Waals surface area contributed by atoms with Crippen LogP contribution in [0.25, 0.3) is 11.4 Å². The molecule has 2 N–H and O–H groups in total. The third kappa shape index (κ3) is 9.33. The van der Waals surface area contributed by atoms with Crippen LogP contribution in [0.5, 0.6) is 5.75 Å². The van der Waals surface area contributed by atoms with E-state index < -0.39 is 29.6 Å². The number of piperazine rings is 1. The van der Waals surface area contributed by atoms with Crippen molar-refractivity contribution < 1.29 is 41.4 Å². The molecule has 2 aliphatic heterocycles. The molecule has 2 aliphatic rings. The molecule has 53 heavy (non-hydrogen) atoms. The predicted octanol–water partition coefficient (Wildman–Crippen LogP) is 4.46. The van der Waals surface area contributed by atoms with Crippen LogP contribution in [0.15, 0.2) is 35.4 Å². The number of likely N-dealkylation sites (N-methyl/N-ethyl adjacent to an activating group) is 1. The summed E-state index contributed by atoms with van der Waals surface area (Å²) in [7, 11) is 3.56. The second-order valence-electron chi connectivity index (χ2n) is 11.7. The monoisotopic (exact) mass is 769 g/mol. The standard InChI is InChI=1S/C19H24F2N6O3.C8H7ClF3N.C6H6N2O2/c1-3-14-15(25-8-6-24(2)7-9-25)17(29)27-18(26(14)19(20,21)12-28)22-16(23-27)13-4-10-30-11-5-13;1-13-7-3-2-5(4-6(7)9)8(10,11)12;1-4-6(10)5(2-9)8-3-7-4/h4,12H,3,5-11H2,1-2H3;2-4,13H,1H3;2-3,10H,1H3. The second-order valence-corrected chi connectivity index (χ2v) is 12.1. The maximum Gasteiger partial charge on any atom is 0.416 e. The first-order valence-electron chi connectivity index (χ1n) is 16.2. The maximum atomic E-state index is 14.8. The number of aryl methyl sites for hydroxylation is 1. The number of nitrogens with zero attached hydrogens (tertiary/aromatic N) is 8. The third-order valence-electron chi connectivity index (χ3n) is 8.28. The van der Waals surface area contributed by atoms with E-state index in [1.807, 2.05) is 7.05 Å². The van der Waals surface area contributed by atoms with E-state index >= 15 is 0 Å². The number of carbonyl (C=O) groups is 2. The fourth-order valence-electron chi connectivity index (χ4n) is 5.41. The highest BCUT2D eigenvalue weighted by atomic mass is 35.5. The van der Waals surface area contributed by atoms with E-state index in [1.165, 1.54) is 12.4 Å². The highest BCUT2D eigenvalue weighted by Crippen LogP contribution is 2.34. The van der Waals surface area contributed by atoms with Gasteiger partial charge in [0.05, 0.1) is 40.9 Å². The Labute approximate surface area is 304 Å². The molecule has 0 bridgehead atoms. The van der Waals surface area contributed by atoms with Gasteiger partial charge in [-0.25, -0.2) is 14.5 Å². The number of halogens is 6. The number of fused-ring (bicyclic) bond motifs is 1. The molecule has 0 saturated carbocycles. The first-order chi connectivity index (χ1) is 25.1. The largest absolute Gasteiger partial charge is 0.504 e. The fourth-order valence-corrected chi connectivity index (χ4v) is 5.68. The van der Waals surface area contributed by atoms with Crippen LogP contribution in [0.4, 0.5) is 33.3 Å². The van der Waals surface area contributed by atoms with Crippen LogP contribution in [0.3, 0.4) is 0 Å². The Morgan fingerprint density at radius 2 is 1.79 bits per heavy atom. The van der Waals surface area contributed by atoms with E-state index in [0.29, 0.717) is 68.0 Å². The van der Waals surface area contributed by atoms with E-state index in [2.05, 4.69) is 30.3 Å². The average molecular weight is 770 g/mol. The van der Waals surface area contributed by atoms with Gasteiger partial charge in [-0.2, -0.15) is 31.5 Å². The van der Waals surface area contributed by atoms with Gasteiger partial charge < -0.3 is 25.0 Å². The van der Waals surface area contributed by atoms with Crippen molar-refractivity contribution in [3.05, 3.63) is 74.4 Å². The average Bonchev–Trinajstić information content (AvgIpc) is 3.59. The van der Waals surface area contributed by atoms with Crippen molar-refractivity contribution in [3.8, 4) is 5.75 Å². The van der Waals surface area contributed by atoms with Gasteiger partial charge in [-0.3, -0.25) is 14.4 Å². The Bertz CT molecular complexity index is 2030. The lowest BCUT2D eigenvalue weighted by Crippen LogP contribution is -2.48. The minimum Gasteiger partial charge on any atom is -0.504 e. The number of ether oxygens (including phenoxy) is 1. The summed E-state index contributed by atoms with van der Waals surface area (Å²) in [6.07, 6.45) is -0.616. The van der Waals surface area contributed by atoms with Crippen LogP contribution in [-0.4, -0.2) is 105 Å². The molecule has 4 aromatic rings. The number of nitrogens with one attached hydrogen (secondary N) is 1. The first kappa shape index (κ1) is 40.8. The summed E-state index contributed by atoms with van der Waals surface area (Å²) in [5.41, 5.74) is 0.641. The Morgan fingerprint density at radius 3 is 2.32 bits per heavy atom. The summed E-state index contributed by atoms with van der Waals surface area (Å²) in [6, 6.07) is -0.688. The molecule has 14 nitrogen and oxygen atoms in total. The highest BCUT2D eigenvalue weighted by molar-refractivity contribution is 6.33. The maximum absolute atomic E-state index is 14.8. The predicted molar refractivity (Wildman–Crippen MR) is 186 cm³/mol. The number of hydrogen-bond donors (Lipinski definition) is 2. The summed E-state index contributed by atoms with van der Waals surface area (Å²) in [5.74, 6) is -0.282. The van der Waals surface area contributed by atoms with E-state index in [4.69, 9.17) is 21.4 Å². The Kier molecular flexibility index (Phi) is 13.2. The van der Waals surface area contributed by atoms with Gasteiger partial charge in [0.2, 0.25) is 12.1 Å². The summed E-state index contributed by atoms with van der Waals surface area (Å²) >= 11 is 5.57. The quantitative estimate of drug-likeness (QED) is 0.201. The second kappa shape index (κ2) is 17.2. The molecule has 6 rings (SSSR count). The molecule has 1 fully saturated rings. The molecule has 0 amide bonds. The summed E-state index contributed by atoms with van der Waals surface area (Å²) in [4.78, 5) is 50.1. The lowest BCUT2D eigenvalue weighted by atomic mass is 10.1. The van der Waals surface area contributed by atoms with Crippen LogP contribution >= 0.6 is 11.6 Å². The lowest BCUT2D eigenvalue weighted by molar-refractivity contribution is -0.143. The molecule has 286 valence electrons. The smallest absolute Gasteiger partial charge is 0.416 e. The van der Waals surface area contributed by atoms with Crippen molar-refractivity contribution in [3.63, 3.8) is 0 Å². The van der Waals surface area contributed by atoms with Crippen molar-refractivity contribution >= 4 is 46.9 Å². The molecule has 3 aromatic heterocycles. The van der Waals surface area contributed by atoms with Crippen LogP contribution in [0.1, 0.15) is 46.6 Å². The summed E-state index contributed by atoms with van der Waals surface area (Å²) < 4.78 is 72.7. The zero-order valence-corrected chi connectivity index (χ0v) is 29.9. The number of rotatable bonds is 7. The number of anilines is 2. The minimum absolute atomic E-state index is 0.0347. The van der Waals surface area contributed by atoms with Crippen molar-refractivity contribution in [2.45, 2.75) is 38.9 Å². The number of aromatic hydroxyl groups is 1. The molecular weight excluding hydrogens is 733 g/mol. The Morgan fingerprint density at radius 1 is 1.09 bits per heavy atom. The molecule has 0 aliphatic carbocycles. The van der Waals surface area contributed by atoms with Gasteiger partial charge >= 0.3 is 12.2 Å². The molecule has 0 spiro atoms. The van der Waals surface area contributed by atoms with Gasteiger partial charge in [-0.1, -0.05) is 24.6 Å². The molecular formula is C33H37ClF5N9O5. The van der Waals surface area contributed by atoms with Gasteiger partial charge in [0.1, 0.15) is 17.7 Å². The summed E-state index contributed by atoms with van der Waals surface area (Å²) in [5, 5.41) is 16.0. The minimum atomic E-state index is -4.34. The van der Waals surface area contributed by atoms with Crippen molar-refractivity contribution in [1.29, 1.82) is 0 Å². The van der Waals surface area contributed by atoms with E-state index in [0.717, 1.165) is 22.2 Å². The third-order valence-corrected chi connectivity index (χ3v) is 8.60. The van der Waals surface area contributed by atoms with E-state index in [-0.39, 0.29) is 45.9 Å². The number of hydrogen-bond acceptors (Lipinski definition) is 12. The number of alkyl halides is 5. The Balaban J connectivity index is 0.000000223. The Hall–Kier alpha value is -5.01. The number of aromatic nitrogens is 6. The highest BCUT2D eigenvalue weighted by Gasteiger charge is 2.38. The van der Waals surface area contributed by atoms with Gasteiger partial charge in [-0.15, -0.1) is 5.10 Å². The number of carbonyl (C=O) groups excluding carboxylic acids is 2. The first-order valence-corrected chi connectivity index (χ1v) is 16.6. The van der Waals surface area contributed by atoms with Crippen LogP contribution < -0.4 is 15.8 Å². The van der Waals surface area contributed by atoms with Crippen LogP contribution in [-0.2, 0) is 28.2 Å². The van der Waals surface area contributed by atoms with Gasteiger partial charge in [0.25, 0.3) is 5.56 Å². The van der Waals surface area contributed by atoms with Crippen molar-refractivity contribution in [2.75, 3.05) is 63.7 Å². The number of aldehydes is 2.